The molecule has 0 amide bonds. The number of rotatable bonds is 13. The van der Waals surface area contributed by atoms with Crippen LogP contribution < -0.4 is 10.5 Å². The van der Waals surface area contributed by atoms with Gasteiger partial charge in [0.1, 0.15) is 11.6 Å². The maximum absolute atomic E-state index is 13.7. The van der Waals surface area contributed by atoms with Crippen LogP contribution in [0.2, 0.25) is 0 Å². The second-order valence-electron chi connectivity index (χ2n) is 10.0. The van der Waals surface area contributed by atoms with Crippen LogP contribution in [0.1, 0.15) is 18.9 Å². The van der Waals surface area contributed by atoms with Crippen molar-refractivity contribution in [1.82, 2.24) is 29.7 Å². The molecule has 0 saturated heterocycles. The molecule has 0 spiro atoms. The summed E-state index contributed by atoms with van der Waals surface area (Å²) in [7, 11) is 6.27. The van der Waals surface area contributed by atoms with Crippen LogP contribution in [0.4, 0.5) is 14.8 Å². The number of nitrogens with zero attached hydrogens (tertiary/aromatic N) is 7. The van der Waals surface area contributed by atoms with Crippen molar-refractivity contribution < 1.29 is 13.3 Å². The minimum absolute atomic E-state index is 0.157. The van der Waals surface area contributed by atoms with Crippen LogP contribution in [0.3, 0.4) is 0 Å². The summed E-state index contributed by atoms with van der Waals surface area (Å²) >= 11 is 0. The van der Waals surface area contributed by atoms with Crippen LogP contribution in [0.5, 0.6) is 0 Å². The lowest BCUT2D eigenvalue weighted by Gasteiger charge is -2.23. The van der Waals surface area contributed by atoms with Crippen LogP contribution >= 0.6 is 0 Å². The molecule has 0 aliphatic heterocycles. The highest BCUT2D eigenvalue weighted by atomic mass is 19.1. The van der Waals surface area contributed by atoms with Crippen molar-refractivity contribution in [3.8, 4) is 22.6 Å². The Morgan fingerprint density at radius 3 is 2.40 bits per heavy atom. The van der Waals surface area contributed by atoms with Gasteiger partial charge >= 0.3 is 6.01 Å². The molecule has 4 rings (SSSR count). The predicted octanol–water partition coefficient (Wildman–Crippen LogP) is 4.00. The Labute approximate surface area is 232 Å². The lowest BCUT2D eigenvalue weighted by atomic mass is 10.1. The smallest absolute Gasteiger partial charge is 0.323 e. The summed E-state index contributed by atoms with van der Waals surface area (Å²) in [4.78, 5) is 23.7. The highest BCUT2D eigenvalue weighted by molar-refractivity contribution is 5.59. The molecule has 9 nitrogen and oxygen atoms in total. The Bertz CT molecular complexity index is 1450. The molecule has 0 unspecified atom stereocenters. The van der Waals surface area contributed by atoms with Crippen LogP contribution in [-0.4, -0.2) is 83.6 Å². The molecule has 0 fully saturated rings. The molecule has 2 heterocycles. The fourth-order valence-corrected chi connectivity index (χ4v) is 4.31. The van der Waals surface area contributed by atoms with Gasteiger partial charge in [0.05, 0.1) is 12.2 Å². The molecule has 2 aromatic carbocycles. The maximum Gasteiger partial charge on any atom is 0.324 e. The topological polar surface area (TPSA) is 83.5 Å². The highest BCUT2D eigenvalue weighted by Gasteiger charge is 2.16. The molecular weight excluding hydrogens is 516 g/mol. The zero-order valence-corrected chi connectivity index (χ0v) is 23.3. The van der Waals surface area contributed by atoms with Crippen LogP contribution in [-0.2, 0) is 6.54 Å². The molecule has 40 heavy (non-hydrogen) atoms. The summed E-state index contributed by atoms with van der Waals surface area (Å²) in [5.74, 6) is -0.982. The first-order chi connectivity index (χ1) is 19.2. The van der Waals surface area contributed by atoms with Gasteiger partial charge in [0, 0.05) is 42.9 Å². The third-order valence-corrected chi connectivity index (χ3v) is 6.51. The van der Waals surface area contributed by atoms with Gasteiger partial charge in [-0.2, -0.15) is 10.1 Å². The molecule has 212 valence electrons. The van der Waals surface area contributed by atoms with E-state index in [1.165, 1.54) is 28.9 Å². The third-order valence-electron chi connectivity index (χ3n) is 6.51. The average molecular weight is 552 g/mol. The van der Waals surface area contributed by atoms with E-state index in [0.29, 0.717) is 17.5 Å². The Hall–Kier alpha value is -3.96. The highest BCUT2D eigenvalue weighted by Crippen LogP contribution is 2.22. The first-order valence-corrected chi connectivity index (χ1v) is 13.3. The minimum atomic E-state index is -0.713. The molecule has 2 aromatic heterocycles. The number of hydrogen-bond acceptors (Lipinski definition) is 8. The number of likely N-dealkylation sites (N-methyl/N-ethyl adjacent to an activating group) is 2. The second kappa shape index (κ2) is 13.4. The Morgan fingerprint density at radius 2 is 1.68 bits per heavy atom. The fourth-order valence-electron chi connectivity index (χ4n) is 4.31. The first kappa shape index (κ1) is 29.0. The standard InChI is InChI=1S/C29H35F2N7O2/c1-5-37(15-14-36(4)13-7-12-35(2)3)29-32-28(34-40-29)22-9-6-8-21(16-22)20-38-27(39)11-10-26(33-38)23-17-24(30)19-25(31)18-23/h6,8-11,16-19H,5,7,12-15,20H2,1-4H3. The van der Waals surface area contributed by atoms with Gasteiger partial charge in [-0.1, -0.05) is 23.4 Å². The summed E-state index contributed by atoms with van der Waals surface area (Å²) < 4.78 is 34.3. The van der Waals surface area contributed by atoms with Crippen molar-refractivity contribution in [2.75, 3.05) is 58.8 Å². The number of benzene rings is 2. The fraction of sp³-hybridized carbons (Fsp3) is 0.379. The summed E-state index contributed by atoms with van der Waals surface area (Å²) in [5, 5.41) is 8.52. The van der Waals surface area contributed by atoms with E-state index in [1.54, 1.807) is 0 Å². The predicted molar refractivity (Wildman–Crippen MR) is 151 cm³/mol. The molecular formula is C29H35F2N7O2. The van der Waals surface area contributed by atoms with Crippen molar-refractivity contribution in [2.24, 2.45) is 0 Å². The van der Waals surface area contributed by atoms with Crippen molar-refractivity contribution in [3.63, 3.8) is 0 Å². The van der Waals surface area contributed by atoms with Crippen molar-refractivity contribution in [3.05, 3.63) is 82.1 Å². The lowest BCUT2D eigenvalue weighted by Crippen LogP contribution is -2.34. The SMILES string of the molecule is CCN(CCN(C)CCCN(C)C)c1nc(-c2cccc(Cn3nc(-c4cc(F)cc(F)c4)ccc3=O)c2)no1. The summed E-state index contributed by atoms with van der Waals surface area (Å²) in [5.41, 5.74) is 1.73. The monoisotopic (exact) mass is 551 g/mol. The number of anilines is 1. The van der Waals surface area contributed by atoms with Crippen LogP contribution in [0.15, 0.2) is 63.9 Å². The van der Waals surface area contributed by atoms with E-state index in [-0.39, 0.29) is 17.7 Å². The lowest BCUT2D eigenvalue weighted by molar-refractivity contribution is 0.301. The zero-order valence-electron chi connectivity index (χ0n) is 23.3. The van der Waals surface area contributed by atoms with Gasteiger partial charge in [-0.25, -0.2) is 13.5 Å². The van der Waals surface area contributed by atoms with E-state index in [1.807, 2.05) is 36.1 Å². The summed E-state index contributed by atoms with van der Waals surface area (Å²) in [6, 6.07) is 13.8. The molecule has 0 radical (unpaired) electrons. The third kappa shape index (κ3) is 7.80. The minimum Gasteiger partial charge on any atom is -0.323 e. The van der Waals surface area contributed by atoms with Gasteiger partial charge in [0.15, 0.2) is 0 Å². The van der Waals surface area contributed by atoms with E-state index in [0.717, 1.165) is 56.3 Å². The van der Waals surface area contributed by atoms with Crippen LogP contribution in [0, 0.1) is 11.6 Å². The molecule has 0 N–H and O–H groups in total. The zero-order chi connectivity index (χ0) is 28.6. The Balaban J connectivity index is 1.45. The van der Waals surface area contributed by atoms with Crippen LogP contribution in [0.25, 0.3) is 22.6 Å². The Kier molecular flexibility index (Phi) is 9.73. The van der Waals surface area contributed by atoms with E-state index in [2.05, 4.69) is 46.2 Å². The second-order valence-corrected chi connectivity index (χ2v) is 10.0. The van der Waals surface area contributed by atoms with Gasteiger partial charge < -0.3 is 19.2 Å². The molecule has 0 aliphatic carbocycles. The van der Waals surface area contributed by atoms with E-state index < -0.39 is 11.6 Å². The summed E-state index contributed by atoms with van der Waals surface area (Å²) in [6.45, 7) is 6.63. The number of halogens is 2. The molecule has 0 bridgehead atoms. The quantitative estimate of drug-likeness (QED) is 0.247. The molecule has 0 aliphatic rings. The number of hydrogen-bond donors (Lipinski definition) is 0. The maximum atomic E-state index is 13.7. The molecule has 0 saturated carbocycles. The first-order valence-electron chi connectivity index (χ1n) is 13.3. The van der Waals surface area contributed by atoms with Crippen molar-refractivity contribution in [1.29, 1.82) is 0 Å². The normalized spacial score (nSPS) is 11.5. The van der Waals surface area contributed by atoms with Gasteiger partial charge in [-0.15, -0.1) is 0 Å². The summed E-state index contributed by atoms with van der Waals surface area (Å²) in [6.07, 6.45) is 1.10. The number of aromatic nitrogens is 4. The van der Waals surface area contributed by atoms with Crippen molar-refractivity contribution >= 4 is 6.01 Å². The van der Waals surface area contributed by atoms with Crippen molar-refractivity contribution in [2.45, 2.75) is 19.9 Å². The largest absolute Gasteiger partial charge is 0.324 e. The Morgan fingerprint density at radius 1 is 0.900 bits per heavy atom. The van der Waals surface area contributed by atoms with Gasteiger partial charge in [-0.3, -0.25) is 4.79 Å². The molecule has 4 aromatic rings. The molecule has 11 heteroatoms. The van der Waals surface area contributed by atoms with E-state index in [9.17, 15) is 13.6 Å². The van der Waals surface area contributed by atoms with Gasteiger partial charge in [0.2, 0.25) is 5.82 Å². The van der Waals surface area contributed by atoms with E-state index in [4.69, 9.17) is 4.52 Å². The average Bonchev–Trinajstić information content (AvgIpc) is 3.40. The molecule has 0 atom stereocenters. The van der Waals surface area contributed by atoms with E-state index >= 15 is 0 Å². The van der Waals surface area contributed by atoms with Gasteiger partial charge in [0.25, 0.3) is 5.56 Å². The van der Waals surface area contributed by atoms with Gasteiger partial charge in [-0.05, 0) is 77.4 Å².